The molecule has 5 aromatic rings. The van der Waals surface area contributed by atoms with Crippen molar-refractivity contribution in [3.05, 3.63) is 102 Å². The van der Waals surface area contributed by atoms with Gasteiger partial charge in [-0.1, -0.05) is 36.4 Å². The lowest BCUT2D eigenvalue weighted by molar-refractivity contribution is -0.120. The number of aryl methyl sites for hydroxylation is 1. The first-order valence-electron chi connectivity index (χ1n) is 14.1. The smallest absolute Gasteiger partial charge is 0.268 e. The van der Waals surface area contributed by atoms with Crippen molar-refractivity contribution < 1.29 is 39.4 Å². The Labute approximate surface area is 263 Å². The molecule has 1 aromatic heterocycles. The molecule has 1 aliphatic heterocycles. The van der Waals surface area contributed by atoms with Crippen molar-refractivity contribution in [1.82, 2.24) is 9.78 Å². The largest absolute Gasteiger partial charge is 0.504 e. The maximum Gasteiger partial charge on any atom is 0.268 e. The summed E-state index contributed by atoms with van der Waals surface area (Å²) < 4.78 is 18.6. The number of hydrogen-bond donors (Lipinski definition) is 4. The maximum atomic E-state index is 15.0. The number of hydrogen-bond acceptors (Lipinski definition) is 10. The topological polar surface area (TPSA) is 159 Å². The van der Waals surface area contributed by atoms with Gasteiger partial charge in [0.05, 0.1) is 42.6 Å². The summed E-state index contributed by atoms with van der Waals surface area (Å²) in [7, 11) is 2.66. The molecule has 1 amide bonds. The minimum atomic E-state index is -1.77. The molecule has 0 bridgehead atoms. The number of amides is 1. The van der Waals surface area contributed by atoms with Crippen LogP contribution < -0.4 is 19.2 Å². The quantitative estimate of drug-likeness (QED) is 0.163. The number of ether oxygens (including phenoxy) is 3. The normalized spacial score (nSPS) is 16.0. The number of rotatable bonds is 8. The van der Waals surface area contributed by atoms with E-state index in [9.17, 15) is 25.2 Å². The number of aromatic hydroxyl groups is 4. The fourth-order valence-electron chi connectivity index (χ4n) is 5.73. The van der Waals surface area contributed by atoms with Gasteiger partial charge < -0.3 is 34.6 Å². The number of anilines is 1. The van der Waals surface area contributed by atoms with Gasteiger partial charge in [-0.05, 0) is 55.8 Å². The van der Waals surface area contributed by atoms with Crippen LogP contribution in [0.5, 0.6) is 46.1 Å². The molecule has 0 fully saturated rings. The van der Waals surface area contributed by atoms with Crippen LogP contribution in [0.4, 0.5) is 5.69 Å². The number of nitrogens with zero attached hydrogens (tertiary/aromatic N) is 4. The molecule has 1 aliphatic rings. The maximum absolute atomic E-state index is 15.0. The summed E-state index contributed by atoms with van der Waals surface area (Å²) in [5.41, 5.74) is 0.466. The lowest BCUT2D eigenvalue weighted by Gasteiger charge is -2.30. The molecule has 0 radical (unpaired) electrons. The third kappa shape index (κ3) is 4.58. The Bertz CT molecular complexity index is 1990. The third-order valence-corrected chi connectivity index (χ3v) is 7.87. The number of carbonyl (C=O) groups excluding carboxylic acids is 1. The van der Waals surface area contributed by atoms with E-state index in [1.807, 2.05) is 24.3 Å². The number of phenolic OH excluding ortho intramolecular Hbond substituents is 4. The van der Waals surface area contributed by atoms with Crippen molar-refractivity contribution in [3.8, 4) is 51.8 Å². The van der Waals surface area contributed by atoms with Gasteiger partial charge in [0.15, 0.2) is 23.0 Å². The fraction of sp³-hybridized carbons (Fsp3) is 0.147. The van der Waals surface area contributed by atoms with E-state index in [1.165, 1.54) is 48.2 Å². The van der Waals surface area contributed by atoms with E-state index >= 15 is 0 Å². The Kier molecular flexibility index (Phi) is 7.40. The molecular formula is C34H30N4O8. The predicted octanol–water partition coefficient (Wildman–Crippen LogP) is 5.52. The highest BCUT2D eigenvalue weighted by Gasteiger charge is 2.56. The van der Waals surface area contributed by atoms with E-state index < -0.39 is 34.3 Å². The van der Waals surface area contributed by atoms with Crippen LogP contribution in [0.25, 0.3) is 5.69 Å². The van der Waals surface area contributed by atoms with Crippen molar-refractivity contribution in [2.75, 3.05) is 19.2 Å². The highest BCUT2D eigenvalue weighted by molar-refractivity contribution is 6.26. The van der Waals surface area contributed by atoms with Crippen LogP contribution in [0.1, 0.15) is 23.7 Å². The summed E-state index contributed by atoms with van der Waals surface area (Å²) in [4.78, 5) is 15.0. The highest BCUT2D eigenvalue weighted by atomic mass is 16.5. The average Bonchev–Trinajstić information content (AvgIpc) is 3.52. The van der Waals surface area contributed by atoms with Crippen molar-refractivity contribution in [2.24, 2.45) is 5.10 Å². The molecule has 12 heteroatoms. The minimum absolute atomic E-state index is 0.0492. The molecule has 0 spiro atoms. The second kappa shape index (κ2) is 11.4. The lowest BCUT2D eigenvalue weighted by atomic mass is 9.70. The third-order valence-electron chi connectivity index (χ3n) is 7.87. The molecule has 6 rings (SSSR count). The number of hydrazone groups is 1. The summed E-state index contributed by atoms with van der Waals surface area (Å²) >= 11 is 0. The first kappa shape index (κ1) is 29.9. The SMILES string of the molecule is COc1cc(Oc2c(C3(c4cc(O)c(O)c(OC)c4)C(=O)N(c4ccccc4)N=C3C)c(C)nn2-c2ccccc2)cc(O)c1O. The molecular weight excluding hydrogens is 592 g/mol. The molecule has 2 heterocycles. The van der Waals surface area contributed by atoms with Gasteiger partial charge in [0, 0.05) is 12.1 Å². The fourth-order valence-corrected chi connectivity index (χ4v) is 5.73. The van der Waals surface area contributed by atoms with E-state index in [0.29, 0.717) is 22.8 Å². The second-order valence-electron chi connectivity index (χ2n) is 10.5. The van der Waals surface area contributed by atoms with Crippen molar-refractivity contribution in [1.29, 1.82) is 0 Å². The number of aromatic nitrogens is 2. The first-order valence-corrected chi connectivity index (χ1v) is 14.1. The number of phenols is 4. The summed E-state index contributed by atoms with van der Waals surface area (Å²) in [5.74, 6) is -2.49. The van der Waals surface area contributed by atoms with Crippen LogP contribution in [0.15, 0.2) is 90.0 Å². The molecule has 1 atom stereocenters. The van der Waals surface area contributed by atoms with E-state index in [2.05, 4.69) is 0 Å². The zero-order valence-electron chi connectivity index (χ0n) is 25.3. The molecule has 4 aromatic carbocycles. The first-order chi connectivity index (χ1) is 22.1. The van der Waals surface area contributed by atoms with E-state index in [0.717, 1.165) is 0 Å². The van der Waals surface area contributed by atoms with Crippen LogP contribution in [-0.2, 0) is 10.2 Å². The van der Waals surface area contributed by atoms with Gasteiger partial charge in [0.1, 0.15) is 11.2 Å². The van der Waals surface area contributed by atoms with E-state index in [4.69, 9.17) is 24.4 Å². The monoisotopic (exact) mass is 622 g/mol. The Balaban J connectivity index is 1.70. The highest BCUT2D eigenvalue weighted by Crippen LogP contribution is 2.51. The second-order valence-corrected chi connectivity index (χ2v) is 10.5. The Hall–Kier alpha value is -6.17. The molecule has 0 aliphatic carbocycles. The van der Waals surface area contributed by atoms with Gasteiger partial charge in [0.2, 0.25) is 17.4 Å². The molecule has 4 N–H and O–H groups in total. The Morgan fingerprint density at radius 1 is 0.739 bits per heavy atom. The number of para-hydroxylation sites is 2. The van der Waals surface area contributed by atoms with Crippen LogP contribution >= 0.6 is 0 Å². The van der Waals surface area contributed by atoms with Gasteiger partial charge >= 0.3 is 0 Å². The lowest BCUT2D eigenvalue weighted by Crippen LogP contribution is -2.45. The summed E-state index contributed by atoms with van der Waals surface area (Å²) in [6.45, 7) is 3.39. The summed E-state index contributed by atoms with van der Waals surface area (Å²) in [5, 5.41) is 52.9. The number of benzene rings is 4. The molecule has 0 saturated heterocycles. The zero-order valence-corrected chi connectivity index (χ0v) is 25.3. The van der Waals surface area contributed by atoms with Gasteiger partial charge in [-0.2, -0.15) is 15.2 Å². The number of carbonyl (C=O) groups is 1. The van der Waals surface area contributed by atoms with Crippen LogP contribution in [-0.4, -0.2) is 56.0 Å². The Morgan fingerprint density at radius 3 is 1.91 bits per heavy atom. The number of methoxy groups -OCH3 is 2. The Morgan fingerprint density at radius 2 is 1.30 bits per heavy atom. The zero-order chi connectivity index (χ0) is 32.7. The van der Waals surface area contributed by atoms with Gasteiger partial charge in [-0.25, -0.2) is 4.68 Å². The van der Waals surface area contributed by atoms with E-state index in [1.54, 1.807) is 50.2 Å². The summed E-state index contributed by atoms with van der Waals surface area (Å²) in [6, 6.07) is 23.2. The van der Waals surface area contributed by atoms with Gasteiger partial charge in [0.25, 0.3) is 5.91 Å². The molecule has 1 unspecified atom stereocenters. The average molecular weight is 623 g/mol. The van der Waals surface area contributed by atoms with E-state index in [-0.39, 0.29) is 34.3 Å². The van der Waals surface area contributed by atoms with Gasteiger partial charge in [-0.3, -0.25) is 4.79 Å². The van der Waals surface area contributed by atoms with Crippen LogP contribution in [0.3, 0.4) is 0 Å². The molecule has 46 heavy (non-hydrogen) atoms. The van der Waals surface area contributed by atoms with Crippen LogP contribution in [0, 0.1) is 6.92 Å². The van der Waals surface area contributed by atoms with Crippen molar-refractivity contribution in [2.45, 2.75) is 19.3 Å². The predicted molar refractivity (Wildman–Crippen MR) is 169 cm³/mol. The summed E-state index contributed by atoms with van der Waals surface area (Å²) in [6.07, 6.45) is 0. The van der Waals surface area contributed by atoms with Gasteiger partial charge in [-0.15, -0.1) is 0 Å². The molecule has 234 valence electrons. The minimum Gasteiger partial charge on any atom is -0.504 e. The molecule has 12 nitrogen and oxygen atoms in total. The van der Waals surface area contributed by atoms with Crippen molar-refractivity contribution in [3.63, 3.8) is 0 Å². The standard InChI is InChI=1S/C34H30N4O8/c1-19-29(32(37(35-19)22-11-7-5-8-12-22)46-24-17-26(40)31(42)28(18-24)45-4)34(21-15-25(39)30(41)27(16-21)44-3)20(2)36-38(33(34)43)23-13-9-6-10-14-23/h5-18,39-42H,1-4H3. The van der Waals surface area contributed by atoms with Crippen LogP contribution in [0.2, 0.25) is 0 Å². The molecule has 0 saturated carbocycles. The van der Waals surface area contributed by atoms with Crippen molar-refractivity contribution >= 4 is 17.3 Å².